The van der Waals surface area contributed by atoms with Gasteiger partial charge in [0, 0.05) is 12.1 Å². The molecule has 0 aliphatic heterocycles. The van der Waals surface area contributed by atoms with Gasteiger partial charge in [0.15, 0.2) is 6.61 Å². The first-order chi connectivity index (χ1) is 11.4. The smallest absolute Gasteiger partial charge is 0.317 e. The SMILES string of the molecule is CCN(CC(=O)O)C1CC(NC(=O)COc2ccc(F)cc2Cl)C1. The number of hydrogen-bond donors (Lipinski definition) is 2. The largest absolute Gasteiger partial charge is 0.482 e. The second kappa shape index (κ2) is 8.30. The molecule has 8 heteroatoms. The molecule has 0 atom stereocenters. The van der Waals surface area contributed by atoms with Crippen LogP contribution in [0.2, 0.25) is 5.02 Å². The highest BCUT2D eigenvalue weighted by Gasteiger charge is 2.34. The Kier molecular flexibility index (Phi) is 6.39. The summed E-state index contributed by atoms with van der Waals surface area (Å²) in [5, 5.41) is 11.8. The number of halogens is 2. The lowest BCUT2D eigenvalue weighted by Crippen LogP contribution is -2.55. The molecule has 1 fully saturated rings. The summed E-state index contributed by atoms with van der Waals surface area (Å²) >= 11 is 5.82. The molecule has 1 aliphatic carbocycles. The number of ether oxygens (including phenoxy) is 1. The van der Waals surface area contributed by atoms with Crippen LogP contribution < -0.4 is 10.1 Å². The number of rotatable bonds is 8. The van der Waals surface area contributed by atoms with E-state index in [9.17, 15) is 14.0 Å². The predicted molar refractivity (Wildman–Crippen MR) is 86.7 cm³/mol. The molecule has 0 radical (unpaired) electrons. The molecule has 0 saturated heterocycles. The van der Waals surface area contributed by atoms with Gasteiger partial charge in [-0.2, -0.15) is 0 Å². The van der Waals surface area contributed by atoms with E-state index in [2.05, 4.69) is 5.32 Å². The Balaban J connectivity index is 1.72. The fourth-order valence-electron chi connectivity index (χ4n) is 2.68. The molecular weight excluding hydrogens is 339 g/mol. The third kappa shape index (κ3) is 5.07. The zero-order chi connectivity index (χ0) is 17.7. The Morgan fingerprint density at radius 1 is 1.46 bits per heavy atom. The molecule has 132 valence electrons. The third-order valence-electron chi connectivity index (χ3n) is 3.99. The van der Waals surface area contributed by atoms with Gasteiger partial charge in [-0.3, -0.25) is 14.5 Å². The lowest BCUT2D eigenvalue weighted by atomic mass is 9.85. The molecule has 0 unspecified atom stereocenters. The van der Waals surface area contributed by atoms with Crippen LogP contribution in [-0.4, -0.2) is 53.7 Å². The number of likely N-dealkylation sites (N-methyl/N-ethyl adjacent to an activating group) is 1. The Morgan fingerprint density at radius 3 is 2.75 bits per heavy atom. The first-order valence-corrected chi connectivity index (χ1v) is 8.10. The quantitative estimate of drug-likeness (QED) is 0.742. The minimum Gasteiger partial charge on any atom is -0.482 e. The number of nitrogens with zero attached hydrogens (tertiary/aromatic N) is 1. The number of carbonyl (C=O) groups is 2. The first kappa shape index (κ1) is 18.5. The van der Waals surface area contributed by atoms with Crippen molar-refractivity contribution in [1.82, 2.24) is 10.2 Å². The van der Waals surface area contributed by atoms with Gasteiger partial charge in [-0.1, -0.05) is 18.5 Å². The molecule has 24 heavy (non-hydrogen) atoms. The fourth-order valence-corrected chi connectivity index (χ4v) is 2.90. The molecule has 2 N–H and O–H groups in total. The van der Waals surface area contributed by atoms with Gasteiger partial charge >= 0.3 is 5.97 Å². The van der Waals surface area contributed by atoms with Crippen molar-refractivity contribution >= 4 is 23.5 Å². The molecule has 2 rings (SSSR count). The van der Waals surface area contributed by atoms with Crippen LogP contribution in [0.1, 0.15) is 19.8 Å². The van der Waals surface area contributed by atoms with Crippen LogP contribution in [0.3, 0.4) is 0 Å². The van der Waals surface area contributed by atoms with Crippen LogP contribution in [0.25, 0.3) is 0 Å². The van der Waals surface area contributed by atoms with Gasteiger partial charge in [-0.15, -0.1) is 0 Å². The van der Waals surface area contributed by atoms with E-state index in [-0.39, 0.29) is 41.9 Å². The van der Waals surface area contributed by atoms with Gasteiger partial charge < -0.3 is 15.2 Å². The first-order valence-electron chi connectivity index (χ1n) is 7.72. The van der Waals surface area contributed by atoms with Crippen LogP contribution >= 0.6 is 11.6 Å². The Morgan fingerprint density at radius 2 is 2.17 bits per heavy atom. The maximum atomic E-state index is 12.9. The minimum atomic E-state index is -0.853. The van der Waals surface area contributed by atoms with Crippen molar-refractivity contribution in [3.8, 4) is 5.75 Å². The molecule has 1 saturated carbocycles. The highest BCUT2D eigenvalue weighted by Crippen LogP contribution is 2.26. The van der Waals surface area contributed by atoms with Crippen LogP contribution in [0.5, 0.6) is 5.75 Å². The van der Waals surface area contributed by atoms with Gasteiger partial charge in [-0.25, -0.2) is 4.39 Å². The van der Waals surface area contributed by atoms with Crippen molar-refractivity contribution in [3.63, 3.8) is 0 Å². The van der Waals surface area contributed by atoms with Gasteiger partial charge in [0.1, 0.15) is 11.6 Å². The average molecular weight is 359 g/mol. The molecule has 1 amide bonds. The summed E-state index contributed by atoms with van der Waals surface area (Å²) in [5.41, 5.74) is 0. The number of nitrogens with one attached hydrogen (secondary N) is 1. The predicted octanol–water partition coefficient (Wildman–Crippen LogP) is 1.91. The molecule has 6 nitrogen and oxygen atoms in total. The maximum Gasteiger partial charge on any atom is 0.317 e. The van der Waals surface area contributed by atoms with E-state index in [1.807, 2.05) is 11.8 Å². The summed E-state index contributed by atoms with van der Waals surface area (Å²) < 4.78 is 18.2. The summed E-state index contributed by atoms with van der Waals surface area (Å²) in [6.07, 6.45) is 1.42. The van der Waals surface area contributed by atoms with Crippen molar-refractivity contribution in [2.24, 2.45) is 0 Å². The van der Waals surface area contributed by atoms with Crippen LogP contribution in [0.15, 0.2) is 18.2 Å². The van der Waals surface area contributed by atoms with Crippen LogP contribution in [0.4, 0.5) is 4.39 Å². The third-order valence-corrected chi connectivity index (χ3v) is 4.29. The van der Waals surface area contributed by atoms with Crippen LogP contribution in [-0.2, 0) is 9.59 Å². The average Bonchev–Trinajstić information content (AvgIpc) is 2.47. The molecule has 0 aromatic heterocycles. The molecular formula is C16H20ClFN2O4. The van der Waals surface area contributed by atoms with E-state index in [0.717, 1.165) is 6.07 Å². The van der Waals surface area contributed by atoms with Gasteiger partial charge in [-0.05, 0) is 37.6 Å². The maximum absolute atomic E-state index is 12.9. The fraction of sp³-hybridized carbons (Fsp3) is 0.500. The highest BCUT2D eigenvalue weighted by atomic mass is 35.5. The Labute approximate surface area is 144 Å². The van der Waals surface area contributed by atoms with Crippen molar-refractivity contribution in [3.05, 3.63) is 29.0 Å². The summed E-state index contributed by atoms with van der Waals surface area (Å²) in [6, 6.07) is 3.88. The van der Waals surface area contributed by atoms with E-state index >= 15 is 0 Å². The lowest BCUT2D eigenvalue weighted by Gasteiger charge is -2.42. The van der Waals surface area contributed by atoms with Crippen molar-refractivity contribution < 1.29 is 23.8 Å². The normalized spacial score (nSPS) is 19.7. The van der Waals surface area contributed by atoms with Gasteiger partial charge in [0.2, 0.25) is 0 Å². The van der Waals surface area contributed by atoms with E-state index in [1.54, 1.807) is 0 Å². The topological polar surface area (TPSA) is 78.9 Å². The highest BCUT2D eigenvalue weighted by molar-refractivity contribution is 6.32. The zero-order valence-electron chi connectivity index (χ0n) is 13.3. The van der Waals surface area contributed by atoms with Gasteiger partial charge in [0.25, 0.3) is 5.91 Å². The summed E-state index contributed by atoms with van der Waals surface area (Å²) in [7, 11) is 0. The van der Waals surface area contributed by atoms with E-state index < -0.39 is 11.8 Å². The molecule has 0 bridgehead atoms. The van der Waals surface area contributed by atoms with Crippen molar-refractivity contribution in [2.75, 3.05) is 19.7 Å². The summed E-state index contributed by atoms with van der Waals surface area (Å²) in [6.45, 7) is 2.37. The lowest BCUT2D eigenvalue weighted by molar-refractivity contribution is -0.139. The summed E-state index contributed by atoms with van der Waals surface area (Å²) in [4.78, 5) is 24.5. The van der Waals surface area contributed by atoms with Gasteiger partial charge in [0.05, 0.1) is 11.6 Å². The Bertz CT molecular complexity index is 608. The van der Waals surface area contributed by atoms with Crippen molar-refractivity contribution in [2.45, 2.75) is 31.8 Å². The van der Waals surface area contributed by atoms with E-state index in [0.29, 0.717) is 19.4 Å². The molecule has 1 aromatic carbocycles. The zero-order valence-corrected chi connectivity index (χ0v) is 14.1. The number of carboxylic acids is 1. The number of carbonyl (C=O) groups excluding carboxylic acids is 1. The molecule has 1 aromatic rings. The number of aliphatic carboxylic acids is 1. The number of amides is 1. The summed E-state index contributed by atoms with van der Waals surface area (Å²) in [5.74, 6) is -1.37. The number of carboxylic acid groups (broad SMARTS) is 1. The minimum absolute atomic E-state index is 0.00795. The number of hydrogen-bond acceptors (Lipinski definition) is 4. The molecule has 0 heterocycles. The Hall–Kier alpha value is -1.86. The van der Waals surface area contributed by atoms with E-state index in [1.165, 1.54) is 12.1 Å². The van der Waals surface area contributed by atoms with Crippen LogP contribution in [0, 0.1) is 5.82 Å². The number of benzene rings is 1. The molecule has 1 aliphatic rings. The second-order valence-electron chi connectivity index (χ2n) is 5.71. The second-order valence-corrected chi connectivity index (χ2v) is 6.12. The monoisotopic (exact) mass is 358 g/mol. The molecule has 0 spiro atoms. The van der Waals surface area contributed by atoms with Crippen molar-refractivity contribution in [1.29, 1.82) is 0 Å². The van der Waals surface area contributed by atoms with E-state index in [4.69, 9.17) is 21.4 Å². The standard InChI is InChI=1S/C16H20ClFN2O4/c1-2-20(8-16(22)23)12-6-11(7-12)19-15(21)9-24-14-4-3-10(18)5-13(14)17/h3-5,11-12H,2,6-9H2,1H3,(H,19,21)(H,22,23).